The van der Waals surface area contributed by atoms with Gasteiger partial charge in [0.05, 0.1) is 6.42 Å². The van der Waals surface area contributed by atoms with Crippen molar-refractivity contribution in [2.24, 2.45) is 0 Å². The number of nitrogens with zero attached hydrogens (tertiary/aromatic N) is 1. The molecule has 0 unspecified atom stereocenters. The van der Waals surface area contributed by atoms with Gasteiger partial charge in [0, 0.05) is 36.2 Å². The molecule has 26 heavy (non-hydrogen) atoms. The van der Waals surface area contributed by atoms with Crippen molar-refractivity contribution in [3.05, 3.63) is 70.5 Å². The molecule has 1 fully saturated rings. The zero-order valence-electron chi connectivity index (χ0n) is 14.5. The van der Waals surface area contributed by atoms with Gasteiger partial charge in [0.2, 0.25) is 0 Å². The highest BCUT2D eigenvalue weighted by atomic mass is 19.1. The van der Waals surface area contributed by atoms with E-state index in [1.165, 1.54) is 23.3 Å². The fourth-order valence-electron chi connectivity index (χ4n) is 3.76. The summed E-state index contributed by atoms with van der Waals surface area (Å²) in [6.45, 7) is 2.33. The van der Waals surface area contributed by atoms with Gasteiger partial charge in [0.15, 0.2) is 0 Å². The minimum atomic E-state index is -0.743. The largest absolute Gasteiger partial charge is 0.481 e. The third kappa shape index (κ3) is 3.49. The molecule has 1 aliphatic carbocycles. The average molecular weight is 349 g/mol. The molecule has 2 aliphatic rings. The molecule has 1 N–H and O–H groups in total. The molecule has 0 saturated heterocycles. The van der Waals surface area contributed by atoms with Crippen molar-refractivity contribution in [1.29, 1.82) is 0 Å². The van der Waals surface area contributed by atoms with Crippen LogP contribution in [0.4, 0.5) is 4.39 Å². The number of aliphatic carboxylic acids is 1. The highest BCUT2D eigenvalue weighted by Gasteiger charge is 2.48. The van der Waals surface area contributed by atoms with Crippen molar-refractivity contribution < 1.29 is 14.3 Å². The van der Waals surface area contributed by atoms with Crippen LogP contribution in [0.1, 0.15) is 41.5 Å². The Bertz CT molecular complexity index is 904. The van der Waals surface area contributed by atoms with Crippen LogP contribution in [-0.2, 0) is 16.8 Å². The molecule has 1 spiro atoms. The number of fused-ring (bicyclic) bond motifs is 2. The fraction of sp³-hybridized carbons (Fsp3) is 0.318. The summed E-state index contributed by atoms with van der Waals surface area (Å²) in [4.78, 5) is 13.1. The second-order valence-corrected chi connectivity index (χ2v) is 7.26. The maximum atomic E-state index is 13.0. The van der Waals surface area contributed by atoms with Crippen LogP contribution >= 0.6 is 0 Å². The van der Waals surface area contributed by atoms with E-state index in [2.05, 4.69) is 28.9 Å². The van der Waals surface area contributed by atoms with Crippen LogP contribution in [-0.4, -0.2) is 29.1 Å². The van der Waals surface area contributed by atoms with Crippen LogP contribution in [0, 0.1) is 17.7 Å². The van der Waals surface area contributed by atoms with Gasteiger partial charge in [-0.3, -0.25) is 9.69 Å². The summed E-state index contributed by atoms with van der Waals surface area (Å²) in [6.07, 6.45) is 2.49. The quantitative estimate of drug-likeness (QED) is 0.862. The van der Waals surface area contributed by atoms with E-state index in [1.807, 2.05) is 6.07 Å². The van der Waals surface area contributed by atoms with Crippen molar-refractivity contribution in [3.63, 3.8) is 0 Å². The summed E-state index contributed by atoms with van der Waals surface area (Å²) in [6, 6.07) is 12.5. The molecule has 2 aromatic carbocycles. The first kappa shape index (κ1) is 16.8. The molecule has 0 bridgehead atoms. The Labute approximate surface area is 152 Å². The van der Waals surface area contributed by atoms with Crippen LogP contribution < -0.4 is 0 Å². The molecule has 1 heterocycles. The van der Waals surface area contributed by atoms with E-state index in [9.17, 15) is 9.18 Å². The Hall–Kier alpha value is -2.64. The normalized spacial score (nSPS) is 17.3. The Morgan fingerprint density at radius 3 is 2.50 bits per heavy atom. The van der Waals surface area contributed by atoms with Crippen LogP contribution in [0.25, 0.3) is 0 Å². The number of hydrogen-bond donors (Lipinski definition) is 1. The molecule has 0 amide bonds. The predicted molar refractivity (Wildman–Crippen MR) is 97.3 cm³/mol. The van der Waals surface area contributed by atoms with E-state index in [4.69, 9.17) is 5.11 Å². The van der Waals surface area contributed by atoms with E-state index in [0.717, 1.165) is 37.1 Å². The van der Waals surface area contributed by atoms with E-state index in [1.54, 1.807) is 12.1 Å². The first-order valence-corrected chi connectivity index (χ1v) is 8.89. The first-order valence-electron chi connectivity index (χ1n) is 8.89. The Morgan fingerprint density at radius 1 is 1.12 bits per heavy atom. The van der Waals surface area contributed by atoms with E-state index in [-0.39, 0.29) is 17.7 Å². The Morgan fingerprint density at radius 2 is 1.81 bits per heavy atom. The van der Waals surface area contributed by atoms with Crippen LogP contribution in [0.15, 0.2) is 42.5 Å². The lowest BCUT2D eigenvalue weighted by molar-refractivity contribution is -0.137. The highest BCUT2D eigenvalue weighted by molar-refractivity contribution is 5.66. The first-order chi connectivity index (χ1) is 12.5. The van der Waals surface area contributed by atoms with Crippen LogP contribution in [0.3, 0.4) is 0 Å². The van der Waals surface area contributed by atoms with Gasteiger partial charge in [-0.15, -0.1) is 0 Å². The van der Waals surface area contributed by atoms with Gasteiger partial charge < -0.3 is 5.11 Å². The predicted octanol–water partition coefficient (Wildman–Crippen LogP) is 3.55. The molecule has 3 nitrogen and oxygen atoms in total. The molecule has 0 aromatic heterocycles. The van der Waals surface area contributed by atoms with Crippen molar-refractivity contribution in [2.75, 3.05) is 13.1 Å². The molecule has 2 aromatic rings. The van der Waals surface area contributed by atoms with Crippen molar-refractivity contribution in [1.82, 2.24) is 4.90 Å². The third-order valence-electron chi connectivity index (χ3n) is 5.29. The minimum absolute atomic E-state index is 0.180. The third-order valence-corrected chi connectivity index (χ3v) is 5.29. The highest BCUT2D eigenvalue weighted by Crippen LogP contribution is 2.52. The molecule has 4 heteroatoms. The lowest BCUT2D eigenvalue weighted by Gasteiger charge is -2.35. The summed E-state index contributed by atoms with van der Waals surface area (Å²) in [5.41, 5.74) is 4.60. The monoisotopic (exact) mass is 349 g/mol. The summed E-state index contributed by atoms with van der Waals surface area (Å²) in [5.74, 6) is 5.28. The van der Waals surface area contributed by atoms with Crippen LogP contribution in [0.5, 0.6) is 0 Å². The molecular weight excluding hydrogens is 329 g/mol. The zero-order valence-corrected chi connectivity index (χ0v) is 14.5. The molecule has 132 valence electrons. The topological polar surface area (TPSA) is 40.5 Å². The zero-order chi connectivity index (χ0) is 18.1. The number of hydrogen-bond acceptors (Lipinski definition) is 2. The SMILES string of the molecule is O=C(O)CCN1Cc2ccc(C#Cc3ccc(F)cc3)cc2C2(CC2)C1. The Balaban J connectivity index is 1.56. The van der Waals surface area contributed by atoms with Gasteiger partial charge in [-0.1, -0.05) is 17.9 Å². The lowest BCUT2D eigenvalue weighted by atomic mass is 9.85. The Kier molecular flexibility index (Phi) is 4.26. The van der Waals surface area contributed by atoms with Gasteiger partial charge in [-0.25, -0.2) is 4.39 Å². The molecular formula is C22H20FNO2. The van der Waals surface area contributed by atoms with Gasteiger partial charge in [-0.2, -0.15) is 0 Å². The standard InChI is InChI=1S/C22H20FNO2/c23-19-7-4-16(5-8-19)1-2-17-3-6-18-14-24(12-9-21(25)26)15-22(10-11-22)20(18)13-17/h3-8,13H,9-12,14-15H2,(H,25,26). The number of halogens is 1. The second kappa shape index (κ2) is 6.59. The molecule has 1 aliphatic heterocycles. The summed E-state index contributed by atoms with van der Waals surface area (Å²) < 4.78 is 13.0. The summed E-state index contributed by atoms with van der Waals surface area (Å²) >= 11 is 0. The maximum absolute atomic E-state index is 13.0. The maximum Gasteiger partial charge on any atom is 0.304 e. The van der Waals surface area contributed by atoms with Crippen molar-refractivity contribution in [3.8, 4) is 11.8 Å². The van der Waals surface area contributed by atoms with Crippen molar-refractivity contribution >= 4 is 5.97 Å². The van der Waals surface area contributed by atoms with Crippen LogP contribution in [0.2, 0.25) is 0 Å². The lowest BCUT2D eigenvalue weighted by Crippen LogP contribution is -2.39. The second-order valence-electron chi connectivity index (χ2n) is 7.26. The molecule has 1 saturated carbocycles. The number of benzene rings is 2. The van der Waals surface area contributed by atoms with E-state index in [0.29, 0.717) is 6.54 Å². The molecule has 4 rings (SSSR count). The fourth-order valence-corrected chi connectivity index (χ4v) is 3.76. The van der Waals surface area contributed by atoms with Gasteiger partial charge in [0.1, 0.15) is 5.82 Å². The minimum Gasteiger partial charge on any atom is -0.481 e. The summed E-state index contributed by atoms with van der Waals surface area (Å²) in [5, 5.41) is 8.93. The van der Waals surface area contributed by atoms with E-state index >= 15 is 0 Å². The number of carboxylic acids is 1. The number of carboxylic acid groups (broad SMARTS) is 1. The van der Waals surface area contributed by atoms with Gasteiger partial charge in [0.25, 0.3) is 0 Å². The smallest absolute Gasteiger partial charge is 0.304 e. The van der Waals surface area contributed by atoms with E-state index < -0.39 is 5.97 Å². The molecule has 0 radical (unpaired) electrons. The van der Waals surface area contributed by atoms with Gasteiger partial charge >= 0.3 is 5.97 Å². The number of rotatable bonds is 3. The van der Waals surface area contributed by atoms with Crippen molar-refractivity contribution in [2.45, 2.75) is 31.2 Å². The molecule has 0 atom stereocenters. The summed E-state index contributed by atoms with van der Waals surface area (Å²) in [7, 11) is 0. The number of carbonyl (C=O) groups is 1. The van der Waals surface area contributed by atoms with Gasteiger partial charge in [-0.05, 0) is 60.4 Å². The average Bonchev–Trinajstić information content (AvgIpc) is 3.40.